The van der Waals surface area contributed by atoms with Gasteiger partial charge in [0.1, 0.15) is 6.61 Å². The molecule has 1 aromatic rings. The molecule has 118 valence electrons. The zero-order chi connectivity index (χ0) is 14.5. The summed E-state index contributed by atoms with van der Waals surface area (Å²) in [6.07, 6.45) is 6.56. The summed E-state index contributed by atoms with van der Waals surface area (Å²) in [6, 6.07) is 2.66. The highest BCUT2D eigenvalue weighted by Gasteiger charge is 2.19. The Labute approximate surface area is 127 Å². The molecule has 0 atom stereocenters. The third kappa shape index (κ3) is 3.98. The predicted molar refractivity (Wildman–Crippen MR) is 81.8 cm³/mol. The zero-order valence-corrected chi connectivity index (χ0v) is 13.1. The van der Waals surface area contributed by atoms with Crippen LogP contribution in [0.1, 0.15) is 43.8 Å². The first-order valence-corrected chi connectivity index (χ1v) is 8.32. The fourth-order valence-corrected chi connectivity index (χ4v) is 3.33. The van der Waals surface area contributed by atoms with Crippen molar-refractivity contribution in [1.82, 2.24) is 14.7 Å². The SMILES string of the molecule is Cc1cc(OCCN2CCOCC2)nn1C1CCCCC1. The van der Waals surface area contributed by atoms with Gasteiger partial charge < -0.3 is 9.47 Å². The third-order valence-corrected chi connectivity index (χ3v) is 4.58. The smallest absolute Gasteiger partial charge is 0.233 e. The Morgan fingerprint density at radius 1 is 1.24 bits per heavy atom. The van der Waals surface area contributed by atoms with Crippen LogP contribution in [0.2, 0.25) is 0 Å². The van der Waals surface area contributed by atoms with E-state index in [9.17, 15) is 0 Å². The third-order valence-electron chi connectivity index (χ3n) is 4.58. The van der Waals surface area contributed by atoms with Gasteiger partial charge in [-0.05, 0) is 19.8 Å². The van der Waals surface area contributed by atoms with E-state index in [4.69, 9.17) is 9.47 Å². The minimum atomic E-state index is 0.579. The average Bonchev–Trinajstić information content (AvgIpc) is 2.90. The van der Waals surface area contributed by atoms with Gasteiger partial charge in [0.05, 0.1) is 19.3 Å². The van der Waals surface area contributed by atoms with E-state index in [0.717, 1.165) is 38.7 Å². The van der Waals surface area contributed by atoms with Gasteiger partial charge in [-0.1, -0.05) is 19.3 Å². The molecular formula is C16H27N3O2. The molecule has 3 rings (SSSR count). The zero-order valence-electron chi connectivity index (χ0n) is 13.1. The number of hydrogen-bond acceptors (Lipinski definition) is 4. The van der Waals surface area contributed by atoms with Gasteiger partial charge in [-0.2, -0.15) is 0 Å². The van der Waals surface area contributed by atoms with Crippen LogP contribution in [0.5, 0.6) is 5.88 Å². The summed E-state index contributed by atoms with van der Waals surface area (Å²) in [6.45, 7) is 7.51. The second-order valence-corrected chi connectivity index (χ2v) is 6.16. The van der Waals surface area contributed by atoms with Gasteiger partial charge in [0.25, 0.3) is 0 Å². The molecule has 0 N–H and O–H groups in total. The maximum absolute atomic E-state index is 5.85. The summed E-state index contributed by atoms with van der Waals surface area (Å²) < 4.78 is 13.4. The number of morpholine rings is 1. The highest BCUT2D eigenvalue weighted by Crippen LogP contribution is 2.29. The fourth-order valence-electron chi connectivity index (χ4n) is 3.33. The van der Waals surface area contributed by atoms with E-state index in [-0.39, 0.29) is 0 Å². The summed E-state index contributed by atoms with van der Waals surface area (Å²) in [4.78, 5) is 2.38. The molecule has 5 nitrogen and oxygen atoms in total. The van der Waals surface area contributed by atoms with Crippen LogP contribution in [-0.2, 0) is 4.74 Å². The number of rotatable bonds is 5. The van der Waals surface area contributed by atoms with Crippen molar-refractivity contribution in [2.75, 3.05) is 39.5 Å². The lowest BCUT2D eigenvalue weighted by molar-refractivity contribution is 0.0319. The van der Waals surface area contributed by atoms with Crippen molar-refractivity contribution in [3.05, 3.63) is 11.8 Å². The van der Waals surface area contributed by atoms with Crippen LogP contribution >= 0.6 is 0 Å². The first-order valence-electron chi connectivity index (χ1n) is 8.32. The van der Waals surface area contributed by atoms with Crippen LogP contribution in [0.25, 0.3) is 0 Å². The van der Waals surface area contributed by atoms with Gasteiger partial charge in [-0.3, -0.25) is 9.58 Å². The van der Waals surface area contributed by atoms with E-state index in [1.165, 1.54) is 37.8 Å². The second-order valence-electron chi connectivity index (χ2n) is 6.16. The van der Waals surface area contributed by atoms with E-state index in [1.807, 2.05) is 0 Å². The largest absolute Gasteiger partial charge is 0.475 e. The molecule has 1 saturated heterocycles. The topological polar surface area (TPSA) is 39.5 Å². The van der Waals surface area contributed by atoms with Crippen molar-refractivity contribution in [1.29, 1.82) is 0 Å². The first kappa shape index (κ1) is 14.9. The van der Waals surface area contributed by atoms with Crippen molar-refractivity contribution < 1.29 is 9.47 Å². The summed E-state index contributed by atoms with van der Waals surface area (Å²) in [7, 11) is 0. The molecule has 1 aliphatic carbocycles. The van der Waals surface area contributed by atoms with Crippen molar-refractivity contribution in [3.63, 3.8) is 0 Å². The van der Waals surface area contributed by atoms with Gasteiger partial charge in [0.2, 0.25) is 5.88 Å². The van der Waals surface area contributed by atoms with Crippen LogP contribution < -0.4 is 4.74 Å². The molecule has 0 bridgehead atoms. The van der Waals surface area contributed by atoms with Crippen LogP contribution in [0.15, 0.2) is 6.07 Å². The van der Waals surface area contributed by atoms with E-state index in [1.54, 1.807) is 0 Å². The molecule has 0 aromatic carbocycles. The van der Waals surface area contributed by atoms with Crippen molar-refractivity contribution in [3.8, 4) is 5.88 Å². The van der Waals surface area contributed by atoms with Crippen LogP contribution in [0.4, 0.5) is 0 Å². The number of aromatic nitrogens is 2. The Morgan fingerprint density at radius 2 is 2.00 bits per heavy atom. The van der Waals surface area contributed by atoms with Crippen molar-refractivity contribution in [2.45, 2.75) is 45.1 Å². The Balaban J connectivity index is 1.49. The Hall–Kier alpha value is -1.07. The molecule has 2 heterocycles. The van der Waals surface area contributed by atoms with Gasteiger partial charge in [0, 0.05) is 31.4 Å². The van der Waals surface area contributed by atoms with Crippen molar-refractivity contribution in [2.24, 2.45) is 0 Å². The van der Waals surface area contributed by atoms with Gasteiger partial charge >= 0.3 is 0 Å². The molecule has 2 fully saturated rings. The molecule has 0 spiro atoms. The second kappa shape index (κ2) is 7.27. The minimum absolute atomic E-state index is 0.579. The normalized spacial score (nSPS) is 21.6. The highest BCUT2D eigenvalue weighted by molar-refractivity contribution is 5.15. The molecular weight excluding hydrogens is 266 g/mol. The van der Waals surface area contributed by atoms with Gasteiger partial charge in [-0.25, -0.2) is 0 Å². The molecule has 1 saturated carbocycles. The molecule has 0 radical (unpaired) electrons. The van der Waals surface area contributed by atoms with Crippen LogP contribution in [-0.4, -0.2) is 54.1 Å². The Bertz CT molecular complexity index is 435. The average molecular weight is 293 g/mol. The quantitative estimate of drug-likeness (QED) is 0.836. The maximum Gasteiger partial charge on any atom is 0.233 e. The monoisotopic (exact) mass is 293 g/mol. The van der Waals surface area contributed by atoms with Crippen molar-refractivity contribution >= 4 is 0 Å². The fraction of sp³-hybridized carbons (Fsp3) is 0.812. The summed E-state index contributed by atoms with van der Waals surface area (Å²) in [5.74, 6) is 0.784. The lowest BCUT2D eigenvalue weighted by Crippen LogP contribution is -2.38. The van der Waals surface area contributed by atoms with E-state index >= 15 is 0 Å². The summed E-state index contributed by atoms with van der Waals surface area (Å²) in [5.41, 5.74) is 1.23. The number of ether oxygens (including phenoxy) is 2. The molecule has 0 amide bonds. The lowest BCUT2D eigenvalue weighted by Gasteiger charge is -2.26. The summed E-state index contributed by atoms with van der Waals surface area (Å²) in [5, 5.41) is 4.67. The minimum Gasteiger partial charge on any atom is -0.475 e. The van der Waals surface area contributed by atoms with Crippen LogP contribution in [0, 0.1) is 6.92 Å². The molecule has 1 aliphatic heterocycles. The number of nitrogens with zero attached hydrogens (tertiary/aromatic N) is 3. The predicted octanol–water partition coefficient (Wildman–Crippen LogP) is 2.41. The number of aryl methyl sites for hydroxylation is 1. The summed E-state index contributed by atoms with van der Waals surface area (Å²) >= 11 is 0. The van der Waals surface area contributed by atoms with Crippen LogP contribution in [0.3, 0.4) is 0 Å². The van der Waals surface area contributed by atoms with E-state index < -0.39 is 0 Å². The van der Waals surface area contributed by atoms with Gasteiger partial charge in [0.15, 0.2) is 0 Å². The lowest BCUT2D eigenvalue weighted by atomic mass is 9.95. The molecule has 21 heavy (non-hydrogen) atoms. The molecule has 1 aromatic heterocycles. The Kier molecular flexibility index (Phi) is 5.14. The van der Waals surface area contributed by atoms with E-state index in [2.05, 4.69) is 27.7 Å². The van der Waals surface area contributed by atoms with E-state index in [0.29, 0.717) is 12.6 Å². The molecule has 2 aliphatic rings. The highest BCUT2D eigenvalue weighted by atomic mass is 16.5. The molecule has 0 unspecified atom stereocenters. The standard InChI is InChI=1S/C16H27N3O2/c1-14-13-16(17-19(14)15-5-3-2-4-6-15)21-12-9-18-7-10-20-11-8-18/h13,15H,2-12H2,1H3. The maximum atomic E-state index is 5.85. The number of hydrogen-bond donors (Lipinski definition) is 0. The Morgan fingerprint density at radius 3 is 2.76 bits per heavy atom. The van der Waals surface area contributed by atoms with Gasteiger partial charge in [-0.15, -0.1) is 5.10 Å². The first-order chi connectivity index (χ1) is 10.3. The molecule has 5 heteroatoms.